The zero-order valence-electron chi connectivity index (χ0n) is 5.26. The molecule has 0 unspecified atom stereocenters. The molecule has 0 aromatic heterocycles. The molecule has 5 N–H and O–H groups in total. The molecule has 0 heterocycles. The molecule has 0 aliphatic carbocycles. The molecule has 10 heavy (non-hydrogen) atoms. The van der Waals surface area contributed by atoms with E-state index in [0.29, 0.717) is 16.4 Å². The summed E-state index contributed by atoms with van der Waals surface area (Å²) in [5.41, 5.74) is 9.21. The number of nitrogens with two attached hydrogens (primary N) is 2. The normalized spacial score (nSPS) is 9.40. The predicted molar refractivity (Wildman–Crippen MR) is 43.7 cm³/mol. The lowest BCUT2D eigenvalue weighted by Gasteiger charge is -2.00. The van der Waals surface area contributed by atoms with Crippen molar-refractivity contribution >= 4 is 23.0 Å². The van der Waals surface area contributed by atoms with Gasteiger partial charge in [0.05, 0.1) is 5.69 Å². The number of hydrazine groups is 1. The van der Waals surface area contributed by atoms with Gasteiger partial charge in [-0.1, -0.05) is 11.6 Å². The van der Waals surface area contributed by atoms with Crippen molar-refractivity contribution < 1.29 is 0 Å². The number of rotatable bonds is 1. The Morgan fingerprint density at radius 3 is 2.50 bits per heavy atom. The molecule has 0 spiro atoms. The first-order valence-corrected chi connectivity index (χ1v) is 3.13. The number of nitrogens with one attached hydrogen (secondary N) is 1. The topological polar surface area (TPSA) is 64.1 Å². The molecule has 4 heteroatoms. The van der Waals surface area contributed by atoms with Crippen LogP contribution in [0.25, 0.3) is 0 Å². The summed E-state index contributed by atoms with van der Waals surface area (Å²) in [6.07, 6.45) is 0. The van der Waals surface area contributed by atoms with Crippen molar-refractivity contribution in [2.45, 2.75) is 0 Å². The summed E-state index contributed by atoms with van der Waals surface area (Å²) in [6, 6.07) is 5.05. The first kappa shape index (κ1) is 7.18. The van der Waals surface area contributed by atoms with Crippen LogP contribution < -0.4 is 17.0 Å². The van der Waals surface area contributed by atoms with Crippen LogP contribution in [0.2, 0.25) is 5.02 Å². The first-order valence-electron chi connectivity index (χ1n) is 2.75. The quantitative estimate of drug-likeness (QED) is 0.326. The zero-order valence-corrected chi connectivity index (χ0v) is 6.02. The maximum atomic E-state index is 5.65. The van der Waals surface area contributed by atoms with Crippen LogP contribution >= 0.6 is 11.6 Å². The summed E-state index contributed by atoms with van der Waals surface area (Å²) in [7, 11) is 0. The van der Waals surface area contributed by atoms with E-state index in [9.17, 15) is 0 Å². The average Bonchev–Trinajstić information content (AvgIpc) is 1.85. The monoisotopic (exact) mass is 157 g/mol. The number of hydrogen-bond acceptors (Lipinski definition) is 3. The van der Waals surface area contributed by atoms with E-state index in [1.54, 1.807) is 18.2 Å². The van der Waals surface area contributed by atoms with E-state index in [1.165, 1.54) is 0 Å². The molecule has 0 bridgehead atoms. The van der Waals surface area contributed by atoms with Gasteiger partial charge in [-0.25, -0.2) is 0 Å². The summed E-state index contributed by atoms with van der Waals surface area (Å²) in [5, 5.41) is 0.577. The molecule has 0 amide bonds. The number of anilines is 2. The molecule has 0 aliphatic rings. The minimum atomic E-state index is 0.577. The van der Waals surface area contributed by atoms with Gasteiger partial charge in [0.2, 0.25) is 0 Å². The second-order valence-corrected chi connectivity index (χ2v) is 2.35. The fourth-order valence-corrected chi connectivity index (χ4v) is 0.939. The lowest BCUT2D eigenvalue weighted by atomic mass is 10.3. The lowest BCUT2D eigenvalue weighted by Crippen LogP contribution is -2.06. The summed E-state index contributed by atoms with van der Waals surface area (Å²) in [6.45, 7) is 0. The Labute approximate surface area is 63.9 Å². The van der Waals surface area contributed by atoms with Crippen molar-refractivity contribution in [3.8, 4) is 0 Å². The third-order valence-corrected chi connectivity index (χ3v) is 1.30. The third kappa shape index (κ3) is 1.52. The maximum absolute atomic E-state index is 5.65. The van der Waals surface area contributed by atoms with Gasteiger partial charge in [-0.15, -0.1) is 0 Å². The number of hydrogen-bond donors (Lipinski definition) is 3. The van der Waals surface area contributed by atoms with Gasteiger partial charge in [0.1, 0.15) is 0 Å². The van der Waals surface area contributed by atoms with Crippen molar-refractivity contribution in [2.24, 2.45) is 5.84 Å². The van der Waals surface area contributed by atoms with Gasteiger partial charge in [-0.05, 0) is 18.2 Å². The minimum absolute atomic E-state index is 0.577. The Morgan fingerprint density at radius 2 is 2.00 bits per heavy atom. The van der Waals surface area contributed by atoms with Gasteiger partial charge >= 0.3 is 0 Å². The summed E-state index contributed by atoms with van der Waals surface area (Å²) in [5.74, 6) is 5.12. The van der Waals surface area contributed by atoms with Gasteiger partial charge in [-0.2, -0.15) is 0 Å². The zero-order chi connectivity index (χ0) is 7.56. The molecule has 54 valence electrons. The highest BCUT2D eigenvalue weighted by molar-refractivity contribution is 6.31. The van der Waals surface area contributed by atoms with E-state index in [0.717, 1.165) is 0 Å². The molecule has 3 nitrogen and oxygen atoms in total. The predicted octanol–water partition coefficient (Wildman–Crippen LogP) is 1.21. The SMILES string of the molecule is NNc1cc(N)cc(Cl)c1. The first-order chi connectivity index (χ1) is 4.72. The molecule has 0 fully saturated rings. The van der Waals surface area contributed by atoms with Crippen LogP contribution in [0.15, 0.2) is 18.2 Å². The largest absolute Gasteiger partial charge is 0.399 e. The molecule has 1 aromatic carbocycles. The molecule has 0 aliphatic heterocycles. The fourth-order valence-electron chi connectivity index (χ4n) is 0.696. The Morgan fingerprint density at radius 1 is 1.30 bits per heavy atom. The Kier molecular flexibility index (Phi) is 1.99. The van der Waals surface area contributed by atoms with Crippen molar-refractivity contribution in [2.75, 3.05) is 11.2 Å². The Hall–Kier alpha value is -0.930. The average molecular weight is 158 g/mol. The van der Waals surface area contributed by atoms with Gasteiger partial charge in [0.15, 0.2) is 0 Å². The maximum Gasteiger partial charge on any atom is 0.0520 e. The van der Waals surface area contributed by atoms with Crippen molar-refractivity contribution in [1.29, 1.82) is 0 Å². The summed E-state index contributed by atoms with van der Waals surface area (Å²) in [4.78, 5) is 0. The number of benzene rings is 1. The van der Waals surface area contributed by atoms with Gasteiger partial charge in [0.25, 0.3) is 0 Å². The van der Waals surface area contributed by atoms with E-state index in [2.05, 4.69) is 5.43 Å². The molecule has 0 saturated carbocycles. The van der Waals surface area contributed by atoms with Crippen LogP contribution in [0.1, 0.15) is 0 Å². The Bertz CT molecular complexity index is 216. The van der Waals surface area contributed by atoms with Gasteiger partial charge < -0.3 is 11.2 Å². The smallest absolute Gasteiger partial charge is 0.0520 e. The van der Waals surface area contributed by atoms with Crippen LogP contribution in [0.3, 0.4) is 0 Å². The third-order valence-electron chi connectivity index (χ3n) is 1.09. The standard InChI is InChI=1S/C6H8ClN3/c7-4-1-5(8)3-6(2-4)10-9/h1-3,10H,8-9H2. The van der Waals surface area contributed by atoms with Crippen LogP contribution in [0.5, 0.6) is 0 Å². The second kappa shape index (κ2) is 2.77. The number of halogens is 1. The van der Waals surface area contributed by atoms with Crippen LogP contribution in [-0.2, 0) is 0 Å². The highest BCUT2D eigenvalue weighted by Crippen LogP contribution is 2.18. The summed E-state index contributed by atoms with van der Waals surface area (Å²) < 4.78 is 0. The molecule has 0 atom stereocenters. The van der Waals surface area contributed by atoms with Crippen LogP contribution in [0.4, 0.5) is 11.4 Å². The second-order valence-electron chi connectivity index (χ2n) is 1.92. The van der Waals surface area contributed by atoms with E-state index in [1.807, 2.05) is 0 Å². The van der Waals surface area contributed by atoms with E-state index in [4.69, 9.17) is 23.2 Å². The van der Waals surface area contributed by atoms with Crippen LogP contribution in [0, 0.1) is 0 Å². The van der Waals surface area contributed by atoms with Gasteiger partial charge in [-0.3, -0.25) is 5.84 Å². The van der Waals surface area contributed by atoms with Gasteiger partial charge in [0, 0.05) is 10.7 Å². The Balaban J connectivity index is 3.06. The van der Waals surface area contributed by atoms with E-state index < -0.39 is 0 Å². The van der Waals surface area contributed by atoms with Crippen LogP contribution in [-0.4, -0.2) is 0 Å². The van der Waals surface area contributed by atoms with E-state index >= 15 is 0 Å². The summed E-state index contributed by atoms with van der Waals surface area (Å²) >= 11 is 5.65. The molecule has 0 saturated heterocycles. The molecule has 1 aromatic rings. The fraction of sp³-hybridized carbons (Fsp3) is 0. The van der Waals surface area contributed by atoms with E-state index in [-0.39, 0.29) is 0 Å². The highest BCUT2D eigenvalue weighted by Gasteiger charge is 1.93. The lowest BCUT2D eigenvalue weighted by molar-refractivity contribution is 1.35. The molecule has 1 rings (SSSR count). The minimum Gasteiger partial charge on any atom is -0.399 e. The molecular weight excluding hydrogens is 150 g/mol. The van der Waals surface area contributed by atoms with Crippen molar-refractivity contribution in [3.63, 3.8) is 0 Å². The van der Waals surface area contributed by atoms with Crippen molar-refractivity contribution in [1.82, 2.24) is 0 Å². The highest BCUT2D eigenvalue weighted by atomic mass is 35.5. The number of nitrogen functional groups attached to an aromatic ring is 2. The van der Waals surface area contributed by atoms with Crippen molar-refractivity contribution in [3.05, 3.63) is 23.2 Å². The molecular formula is C6H8ClN3. The molecule has 0 radical (unpaired) electrons.